The smallest absolute Gasteiger partial charge is 0.239 e. The van der Waals surface area contributed by atoms with Gasteiger partial charge in [0.15, 0.2) is 0 Å². The molecule has 0 aromatic heterocycles. The predicted octanol–water partition coefficient (Wildman–Crippen LogP) is 0.997. The van der Waals surface area contributed by atoms with E-state index in [0.29, 0.717) is 25.7 Å². The van der Waals surface area contributed by atoms with Crippen molar-refractivity contribution in [2.75, 3.05) is 19.8 Å². The number of ether oxygens (including phenoxy) is 1. The van der Waals surface area contributed by atoms with Gasteiger partial charge in [-0.3, -0.25) is 4.79 Å². The van der Waals surface area contributed by atoms with Crippen LogP contribution in [0.15, 0.2) is 0 Å². The minimum Gasteiger partial charge on any atom is -0.377 e. The summed E-state index contributed by atoms with van der Waals surface area (Å²) in [5.41, 5.74) is 5.93. The first-order chi connectivity index (χ1) is 7.56. The van der Waals surface area contributed by atoms with Crippen LogP contribution in [0.1, 0.15) is 33.6 Å². The lowest BCUT2D eigenvalue weighted by Crippen LogP contribution is -2.54. The summed E-state index contributed by atoms with van der Waals surface area (Å²) >= 11 is 0. The van der Waals surface area contributed by atoms with E-state index in [2.05, 4.69) is 20.8 Å². The third-order valence-corrected chi connectivity index (χ3v) is 3.02. The van der Waals surface area contributed by atoms with E-state index in [0.717, 1.165) is 12.8 Å². The molecule has 0 saturated carbocycles. The number of carbonyl (C=O) groups is 1. The maximum Gasteiger partial charge on any atom is 0.239 e. The average molecular weight is 228 g/mol. The molecule has 4 heteroatoms. The molecule has 1 fully saturated rings. The standard InChI is InChI=1S/C12H24N2O2/c1-4-10-8-16-6-5-14(10)12(15)11(13)7-9(2)3/h9-11H,4-8,13H2,1-3H3/t10?,11-/m0/s1. The molecule has 2 N–H and O–H groups in total. The molecule has 4 nitrogen and oxygen atoms in total. The van der Waals surface area contributed by atoms with Gasteiger partial charge < -0.3 is 15.4 Å². The Morgan fingerprint density at radius 3 is 2.81 bits per heavy atom. The van der Waals surface area contributed by atoms with Crippen LogP contribution in [0.5, 0.6) is 0 Å². The summed E-state index contributed by atoms with van der Waals surface area (Å²) in [6, 6.07) is -0.147. The molecule has 0 radical (unpaired) electrons. The van der Waals surface area contributed by atoms with Crippen LogP contribution in [0.4, 0.5) is 0 Å². The van der Waals surface area contributed by atoms with E-state index in [9.17, 15) is 4.79 Å². The third kappa shape index (κ3) is 3.46. The minimum absolute atomic E-state index is 0.0869. The van der Waals surface area contributed by atoms with Crippen LogP contribution >= 0.6 is 0 Å². The van der Waals surface area contributed by atoms with Gasteiger partial charge in [0.25, 0.3) is 0 Å². The van der Waals surface area contributed by atoms with E-state index in [4.69, 9.17) is 10.5 Å². The molecule has 0 aliphatic carbocycles. The van der Waals surface area contributed by atoms with Gasteiger partial charge in [0.2, 0.25) is 5.91 Å². The number of amides is 1. The van der Waals surface area contributed by atoms with Crippen molar-refractivity contribution in [3.8, 4) is 0 Å². The first kappa shape index (κ1) is 13.5. The number of carbonyl (C=O) groups excluding carboxylic acids is 1. The molecule has 1 aliphatic rings. The molecule has 1 amide bonds. The Balaban J connectivity index is 2.56. The first-order valence-corrected chi connectivity index (χ1v) is 6.20. The van der Waals surface area contributed by atoms with Crippen molar-refractivity contribution >= 4 is 5.91 Å². The van der Waals surface area contributed by atoms with Gasteiger partial charge in [-0.1, -0.05) is 20.8 Å². The second kappa shape index (κ2) is 6.21. The lowest BCUT2D eigenvalue weighted by atomic mass is 10.0. The fourth-order valence-electron chi connectivity index (χ4n) is 2.10. The number of rotatable bonds is 4. The van der Waals surface area contributed by atoms with Crippen LogP contribution in [0, 0.1) is 5.92 Å². The van der Waals surface area contributed by atoms with Gasteiger partial charge in [0, 0.05) is 6.54 Å². The van der Waals surface area contributed by atoms with Crippen LogP contribution in [-0.4, -0.2) is 42.6 Å². The molecule has 0 spiro atoms. The van der Waals surface area contributed by atoms with Crippen LogP contribution in [0.2, 0.25) is 0 Å². The molecule has 0 bridgehead atoms. The summed E-state index contributed by atoms with van der Waals surface area (Å²) in [7, 11) is 0. The Labute approximate surface area is 98.1 Å². The SMILES string of the molecule is CCC1COCCN1C(=O)[C@@H](N)CC(C)C. The van der Waals surface area contributed by atoms with Gasteiger partial charge in [-0.25, -0.2) is 0 Å². The Kier molecular flexibility index (Phi) is 5.22. The Bertz CT molecular complexity index is 231. The van der Waals surface area contributed by atoms with Gasteiger partial charge in [0.1, 0.15) is 0 Å². The highest BCUT2D eigenvalue weighted by Crippen LogP contribution is 2.13. The zero-order valence-electron chi connectivity index (χ0n) is 10.6. The largest absolute Gasteiger partial charge is 0.377 e. The molecule has 16 heavy (non-hydrogen) atoms. The van der Waals surface area contributed by atoms with Crippen LogP contribution in [0.25, 0.3) is 0 Å². The quantitative estimate of drug-likeness (QED) is 0.781. The lowest BCUT2D eigenvalue weighted by molar-refractivity contribution is -0.141. The van der Waals surface area contributed by atoms with Crippen molar-refractivity contribution < 1.29 is 9.53 Å². The van der Waals surface area contributed by atoms with Crippen molar-refractivity contribution in [2.45, 2.75) is 45.7 Å². The van der Waals surface area contributed by atoms with Gasteiger partial charge in [0.05, 0.1) is 25.3 Å². The summed E-state index contributed by atoms with van der Waals surface area (Å²) in [6.45, 7) is 8.22. The van der Waals surface area contributed by atoms with Gasteiger partial charge in [-0.15, -0.1) is 0 Å². The Morgan fingerprint density at radius 2 is 2.25 bits per heavy atom. The monoisotopic (exact) mass is 228 g/mol. The normalized spacial score (nSPS) is 23.6. The third-order valence-electron chi connectivity index (χ3n) is 3.02. The van der Waals surface area contributed by atoms with Gasteiger partial charge >= 0.3 is 0 Å². The summed E-state index contributed by atoms with van der Waals surface area (Å²) in [5.74, 6) is 0.545. The predicted molar refractivity (Wildman–Crippen MR) is 64.0 cm³/mol. The molecule has 0 aromatic rings. The lowest BCUT2D eigenvalue weighted by Gasteiger charge is -2.36. The van der Waals surface area contributed by atoms with E-state index in [1.807, 2.05) is 4.90 Å². The molecule has 94 valence electrons. The van der Waals surface area contributed by atoms with E-state index >= 15 is 0 Å². The average Bonchev–Trinajstić information content (AvgIpc) is 2.27. The Morgan fingerprint density at radius 1 is 1.56 bits per heavy atom. The van der Waals surface area contributed by atoms with E-state index in [1.54, 1.807) is 0 Å². The van der Waals surface area contributed by atoms with Crippen molar-refractivity contribution in [3.05, 3.63) is 0 Å². The molecule has 2 atom stereocenters. The van der Waals surface area contributed by atoms with Crippen molar-refractivity contribution in [2.24, 2.45) is 11.7 Å². The topological polar surface area (TPSA) is 55.6 Å². The van der Waals surface area contributed by atoms with E-state index in [1.165, 1.54) is 0 Å². The summed E-state index contributed by atoms with van der Waals surface area (Å²) in [5, 5.41) is 0. The van der Waals surface area contributed by atoms with Crippen LogP contribution < -0.4 is 5.73 Å². The van der Waals surface area contributed by atoms with Crippen molar-refractivity contribution in [1.82, 2.24) is 4.90 Å². The molecule has 1 unspecified atom stereocenters. The molecule has 1 aliphatic heterocycles. The Hall–Kier alpha value is -0.610. The second-order valence-corrected chi connectivity index (χ2v) is 4.90. The summed E-state index contributed by atoms with van der Waals surface area (Å²) < 4.78 is 5.38. The van der Waals surface area contributed by atoms with Crippen molar-refractivity contribution in [1.29, 1.82) is 0 Å². The first-order valence-electron chi connectivity index (χ1n) is 6.20. The highest BCUT2D eigenvalue weighted by Gasteiger charge is 2.29. The zero-order valence-corrected chi connectivity index (χ0v) is 10.6. The number of nitrogens with zero attached hydrogens (tertiary/aromatic N) is 1. The summed E-state index contributed by atoms with van der Waals surface area (Å²) in [4.78, 5) is 14.0. The molecule has 1 heterocycles. The van der Waals surface area contributed by atoms with Crippen LogP contribution in [0.3, 0.4) is 0 Å². The highest BCUT2D eigenvalue weighted by atomic mass is 16.5. The van der Waals surface area contributed by atoms with E-state index in [-0.39, 0.29) is 18.0 Å². The maximum atomic E-state index is 12.1. The molecule has 1 saturated heterocycles. The molecular formula is C12H24N2O2. The minimum atomic E-state index is -0.354. The fraction of sp³-hybridized carbons (Fsp3) is 0.917. The van der Waals surface area contributed by atoms with Crippen molar-refractivity contribution in [3.63, 3.8) is 0 Å². The van der Waals surface area contributed by atoms with Gasteiger partial charge in [-0.2, -0.15) is 0 Å². The number of morpholine rings is 1. The van der Waals surface area contributed by atoms with E-state index < -0.39 is 0 Å². The van der Waals surface area contributed by atoms with Gasteiger partial charge in [-0.05, 0) is 18.8 Å². The fourth-order valence-corrected chi connectivity index (χ4v) is 2.10. The molecule has 0 aromatic carbocycles. The zero-order chi connectivity index (χ0) is 12.1. The maximum absolute atomic E-state index is 12.1. The highest BCUT2D eigenvalue weighted by molar-refractivity contribution is 5.82. The molecule has 1 rings (SSSR count). The molecular weight excluding hydrogens is 204 g/mol. The number of nitrogens with two attached hydrogens (primary N) is 1. The van der Waals surface area contributed by atoms with Crippen LogP contribution in [-0.2, 0) is 9.53 Å². The number of hydrogen-bond acceptors (Lipinski definition) is 3. The second-order valence-electron chi connectivity index (χ2n) is 4.90. The summed E-state index contributed by atoms with van der Waals surface area (Å²) in [6.07, 6.45) is 1.69. The number of hydrogen-bond donors (Lipinski definition) is 1.